The minimum atomic E-state index is 0. The van der Waals surface area contributed by atoms with Crippen LogP contribution in [-0.4, -0.2) is 31.1 Å². The molecule has 0 spiro atoms. The van der Waals surface area contributed by atoms with Crippen molar-refractivity contribution >= 4 is 12.4 Å². The number of rotatable bonds is 3. The molecule has 2 aliphatic heterocycles. The second-order valence-electron chi connectivity index (χ2n) is 7.52. The lowest BCUT2D eigenvalue weighted by molar-refractivity contribution is 0.137. The van der Waals surface area contributed by atoms with Crippen LogP contribution >= 0.6 is 12.4 Å². The van der Waals surface area contributed by atoms with Gasteiger partial charge in [0, 0.05) is 18.0 Å². The molecule has 0 N–H and O–H groups in total. The fourth-order valence-electron chi connectivity index (χ4n) is 4.90. The molecule has 0 aromatic heterocycles. The van der Waals surface area contributed by atoms with Gasteiger partial charge in [-0.2, -0.15) is 0 Å². The number of benzene rings is 2. The van der Waals surface area contributed by atoms with E-state index in [1.807, 2.05) is 0 Å². The number of methoxy groups -OCH3 is 1. The first-order valence-corrected chi connectivity index (χ1v) is 9.10. The number of halogens is 1. The zero-order chi connectivity index (χ0) is 16.7. The molecule has 2 aromatic carbocycles. The first-order valence-electron chi connectivity index (χ1n) is 9.10. The molecule has 2 fully saturated rings. The largest absolute Gasteiger partial charge is 0.497 e. The highest BCUT2D eigenvalue weighted by Gasteiger charge is 2.46. The van der Waals surface area contributed by atoms with Gasteiger partial charge < -0.3 is 4.74 Å². The number of ether oxygens (including phenoxy) is 1. The van der Waals surface area contributed by atoms with E-state index >= 15 is 0 Å². The van der Waals surface area contributed by atoms with E-state index in [2.05, 4.69) is 67.4 Å². The van der Waals surface area contributed by atoms with E-state index in [0.717, 1.165) is 11.8 Å². The molecule has 2 heterocycles. The molecule has 2 aliphatic rings. The maximum absolute atomic E-state index is 5.35. The van der Waals surface area contributed by atoms with E-state index in [-0.39, 0.29) is 12.4 Å². The van der Waals surface area contributed by atoms with Gasteiger partial charge in [-0.15, -0.1) is 12.4 Å². The average molecular weight is 358 g/mol. The summed E-state index contributed by atoms with van der Waals surface area (Å²) in [5.41, 5.74) is 4.31. The van der Waals surface area contributed by atoms with Crippen LogP contribution in [0.25, 0.3) is 0 Å². The van der Waals surface area contributed by atoms with Gasteiger partial charge in [0.25, 0.3) is 0 Å². The summed E-state index contributed by atoms with van der Waals surface area (Å²) in [6, 6.07) is 19.4. The van der Waals surface area contributed by atoms with Crippen molar-refractivity contribution in [1.29, 1.82) is 0 Å². The van der Waals surface area contributed by atoms with Crippen LogP contribution in [0.4, 0.5) is 0 Å². The molecule has 4 rings (SSSR count). The third kappa shape index (κ3) is 3.30. The number of likely N-dealkylation sites (N-methyl/N-ethyl adjacent to an activating group) is 1. The third-order valence-corrected chi connectivity index (χ3v) is 6.27. The van der Waals surface area contributed by atoms with Gasteiger partial charge in [0.05, 0.1) is 7.11 Å². The lowest BCUT2D eigenvalue weighted by atomic mass is 9.72. The monoisotopic (exact) mass is 357 g/mol. The lowest BCUT2D eigenvalue weighted by Gasteiger charge is -2.43. The second-order valence-corrected chi connectivity index (χ2v) is 7.52. The molecule has 2 aromatic rings. The van der Waals surface area contributed by atoms with Crippen LogP contribution in [0.3, 0.4) is 0 Å². The summed E-state index contributed by atoms with van der Waals surface area (Å²) in [6.07, 6.45) is 3.93. The van der Waals surface area contributed by atoms with Crippen molar-refractivity contribution in [2.45, 2.75) is 50.1 Å². The second kappa shape index (κ2) is 7.39. The zero-order valence-corrected chi connectivity index (χ0v) is 16.1. The van der Waals surface area contributed by atoms with Crippen LogP contribution in [0.2, 0.25) is 0 Å². The molecule has 25 heavy (non-hydrogen) atoms. The van der Waals surface area contributed by atoms with E-state index < -0.39 is 0 Å². The van der Waals surface area contributed by atoms with E-state index in [4.69, 9.17) is 4.74 Å². The Morgan fingerprint density at radius 1 is 0.920 bits per heavy atom. The normalized spacial score (nSPS) is 28.4. The Hall–Kier alpha value is -1.51. The van der Waals surface area contributed by atoms with E-state index in [1.54, 1.807) is 7.11 Å². The van der Waals surface area contributed by atoms with Crippen LogP contribution in [-0.2, 0) is 0 Å². The summed E-state index contributed by atoms with van der Waals surface area (Å²) in [4.78, 5) is 2.64. The number of fused-ring (bicyclic) bond motifs is 2. The van der Waals surface area contributed by atoms with Crippen LogP contribution in [0.1, 0.15) is 47.8 Å². The fraction of sp³-hybridized carbons (Fsp3) is 0.455. The summed E-state index contributed by atoms with van der Waals surface area (Å²) in [6.45, 7) is 2.17. The molecule has 0 radical (unpaired) electrons. The molecule has 2 saturated heterocycles. The summed E-state index contributed by atoms with van der Waals surface area (Å²) >= 11 is 0. The number of nitrogens with zero attached hydrogens (tertiary/aromatic N) is 1. The number of aryl methyl sites for hydroxylation is 1. The van der Waals surface area contributed by atoms with Crippen LogP contribution < -0.4 is 4.74 Å². The zero-order valence-electron chi connectivity index (χ0n) is 15.3. The minimum absolute atomic E-state index is 0. The first kappa shape index (κ1) is 18.3. The molecule has 2 nitrogen and oxygen atoms in total. The average Bonchev–Trinajstić information content (AvgIpc) is 2.85. The van der Waals surface area contributed by atoms with Crippen LogP contribution in [0.15, 0.2) is 48.5 Å². The van der Waals surface area contributed by atoms with Crippen molar-refractivity contribution < 1.29 is 4.74 Å². The molecule has 0 aliphatic carbocycles. The van der Waals surface area contributed by atoms with Gasteiger partial charge in [-0.05, 0) is 62.4 Å². The van der Waals surface area contributed by atoms with E-state index in [0.29, 0.717) is 17.9 Å². The summed E-state index contributed by atoms with van der Waals surface area (Å²) in [7, 11) is 4.06. The molecule has 0 saturated carbocycles. The van der Waals surface area contributed by atoms with Crippen LogP contribution in [0.5, 0.6) is 5.75 Å². The van der Waals surface area contributed by atoms with Crippen molar-refractivity contribution in [3.05, 3.63) is 65.2 Å². The number of hydrogen-bond donors (Lipinski definition) is 0. The summed E-state index contributed by atoms with van der Waals surface area (Å²) in [5, 5.41) is 0. The molecule has 4 atom stereocenters. The Balaban J connectivity index is 0.00000182. The standard InChI is InChI=1S/C22H27NO.ClH/c1-15-4-6-16(7-5-15)20-14-18-10-13-21(23(18)2)22(20)17-8-11-19(24-3)12-9-17;/h4-9,11-12,18,20-22H,10,13-14H2,1-3H3;1H/t18-,20+,21+,22-;/m0./s1. The molecule has 0 unspecified atom stereocenters. The van der Waals surface area contributed by atoms with Crippen molar-refractivity contribution in [3.8, 4) is 5.75 Å². The SMILES string of the molecule is COc1ccc([C@H]2[C@@H](c3ccc(C)cc3)C[C@@H]3CC[C@H]2N3C)cc1.Cl. The highest BCUT2D eigenvalue weighted by Crippen LogP contribution is 2.50. The highest BCUT2D eigenvalue weighted by atomic mass is 35.5. The van der Waals surface area contributed by atoms with Gasteiger partial charge in [0.15, 0.2) is 0 Å². The minimum Gasteiger partial charge on any atom is -0.497 e. The molecule has 134 valence electrons. The van der Waals surface area contributed by atoms with Gasteiger partial charge in [0.2, 0.25) is 0 Å². The lowest BCUT2D eigenvalue weighted by Crippen LogP contribution is -2.44. The maximum atomic E-state index is 5.35. The van der Waals surface area contributed by atoms with E-state index in [9.17, 15) is 0 Å². The highest BCUT2D eigenvalue weighted by molar-refractivity contribution is 5.85. The smallest absolute Gasteiger partial charge is 0.118 e. The Bertz CT molecular complexity index is 697. The summed E-state index contributed by atoms with van der Waals surface area (Å²) in [5.74, 6) is 2.13. The van der Waals surface area contributed by atoms with Gasteiger partial charge in [0.1, 0.15) is 5.75 Å². The Morgan fingerprint density at radius 3 is 2.20 bits per heavy atom. The van der Waals surface area contributed by atoms with Gasteiger partial charge in [-0.1, -0.05) is 42.0 Å². The van der Waals surface area contributed by atoms with E-state index in [1.165, 1.54) is 36.0 Å². The summed E-state index contributed by atoms with van der Waals surface area (Å²) < 4.78 is 5.35. The molecule has 2 bridgehead atoms. The molecule has 0 amide bonds. The van der Waals surface area contributed by atoms with Crippen molar-refractivity contribution in [2.75, 3.05) is 14.2 Å². The third-order valence-electron chi connectivity index (χ3n) is 6.27. The van der Waals surface area contributed by atoms with Crippen molar-refractivity contribution in [2.24, 2.45) is 0 Å². The maximum Gasteiger partial charge on any atom is 0.118 e. The first-order chi connectivity index (χ1) is 11.7. The van der Waals surface area contributed by atoms with Crippen LogP contribution in [0, 0.1) is 6.92 Å². The predicted octanol–water partition coefficient (Wildman–Crippen LogP) is 5.16. The molecular weight excluding hydrogens is 330 g/mol. The number of piperidine rings is 1. The molecular formula is C22H28ClNO. The van der Waals surface area contributed by atoms with Gasteiger partial charge in [-0.3, -0.25) is 4.90 Å². The Labute approximate surface area is 157 Å². The van der Waals surface area contributed by atoms with Crippen molar-refractivity contribution in [1.82, 2.24) is 4.90 Å². The Kier molecular flexibility index (Phi) is 5.41. The van der Waals surface area contributed by atoms with Gasteiger partial charge in [-0.25, -0.2) is 0 Å². The van der Waals surface area contributed by atoms with Gasteiger partial charge >= 0.3 is 0 Å². The topological polar surface area (TPSA) is 12.5 Å². The Morgan fingerprint density at radius 2 is 1.56 bits per heavy atom. The predicted molar refractivity (Wildman–Crippen MR) is 106 cm³/mol. The van der Waals surface area contributed by atoms with Crippen molar-refractivity contribution in [3.63, 3.8) is 0 Å². The number of hydrogen-bond acceptors (Lipinski definition) is 2. The molecule has 3 heteroatoms. The fourth-order valence-corrected chi connectivity index (χ4v) is 4.90. The quantitative estimate of drug-likeness (QED) is 0.752.